The van der Waals surface area contributed by atoms with Gasteiger partial charge in [-0.05, 0) is 18.2 Å². The summed E-state index contributed by atoms with van der Waals surface area (Å²) < 4.78 is 73.0. The van der Waals surface area contributed by atoms with Gasteiger partial charge in [0, 0.05) is 12.4 Å². The van der Waals surface area contributed by atoms with Crippen molar-refractivity contribution >= 4 is 11.6 Å². The van der Waals surface area contributed by atoms with E-state index in [4.69, 9.17) is 4.42 Å². The highest BCUT2D eigenvalue weighted by Gasteiger charge is 2.27. The molecule has 10 heteroatoms. The highest BCUT2D eigenvalue weighted by Crippen LogP contribution is 2.27. The van der Waals surface area contributed by atoms with E-state index in [1.165, 1.54) is 23.0 Å². The topological polar surface area (TPSA) is 60.1 Å². The molecular weight excluding hydrogens is 349 g/mol. The zero-order chi connectivity index (χ0) is 18.1. The Morgan fingerprint density at radius 2 is 1.68 bits per heavy atom. The number of aromatic nitrogens is 2. The summed E-state index contributed by atoms with van der Waals surface area (Å²) in [5.41, 5.74) is -1.45. The second kappa shape index (κ2) is 6.38. The highest BCUT2D eigenvalue weighted by atomic mass is 19.2. The van der Waals surface area contributed by atoms with E-state index < -0.39 is 40.7 Å². The fourth-order valence-electron chi connectivity index (χ4n) is 2.03. The standard InChI is InChI=1S/C15H8F5N3O2/c16-9-10(17)12(19)14(13(20)11(9)18)22-15(24)8-3-2-7(25-8)6-23-5-1-4-21-23/h1-5H,6H2,(H,22,24). The number of halogens is 5. The van der Waals surface area contributed by atoms with E-state index in [-0.39, 0.29) is 12.3 Å². The van der Waals surface area contributed by atoms with E-state index >= 15 is 0 Å². The Bertz CT molecular complexity index is 908. The Morgan fingerprint density at radius 3 is 2.28 bits per heavy atom. The third-order valence-electron chi connectivity index (χ3n) is 3.21. The fraction of sp³-hybridized carbons (Fsp3) is 0.0667. The molecule has 130 valence electrons. The minimum Gasteiger partial charge on any atom is -0.454 e. The molecule has 1 aromatic carbocycles. The van der Waals surface area contributed by atoms with Gasteiger partial charge in [0.15, 0.2) is 29.0 Å². The average Bonchev–Trinajstić information content (AvgIpc) is 3.27. The van der Waals surface area contributed by atoms with Gasteiger partial charge in [-0.25, -0.2) is 22.0 Å². The van der Waals surface area contributed by atoms with E-state index in [0.29, 0.717) is 5.76 Å². The summed E-state index contributed by atoms with van der Waals surface area (Å²) in [5.74, 6) is -12.2. The predicted octanol–water partition coefficient (Wildman–Crippen LogP) is 3.47. The van der Waals surface area contributed by atoms with Crippen LogP contribution in [-0.4, -0.2) is 15.7 Å². The van der Waals surface area contributed by atoms with Crippen molar-refractivity contribution in [2.45, 2.75) is 6.54 Å². The number of rotatable bonds is 4. The van der Waals surface area contributed by atoms with Crippen LogP contribution < -0.4 is 5.32 Å². The van der Waals surface area contributed by atoms with Gasteiger partial charge in [-0.3, -0.25) is 9.48 Å². The SMILES string of the molecule is O=C(Nc1c(F)c(F)c(F)c(F)c1F)c1ccc(Cn2cccn2)o1. The lowest BCUT2D eigenvalue weighted by Crippen LogP contribution is -2.16. The number of nitrogens with zero attached hydrogens (tertiary/aromatic N) is 2. The van der Waals surface area contributed by atoms with E-state index in [0.717, 1.165) is 0 Å². The Labute approximate surface area is 136 Å². The van der Waals surface area contributed by atoms with Gasteiger partial charge < -0.3 is 9.73 Å². The van der Waals surface area contributed by atoms with Crippen LogP contribution in [0.25, 0.3) is 0 Å². The first-order valence-electron chi connectivity index (χ1n) is 6.77. The van der Waals surface area contributed by atoms with Crippen molar-refractivity contribution in [3.63, 3.8) is 0 Å². The fourth-order valence-corrected chi connectivity index (χ4v) is 2.03. The molecule has 5 nitrogen and oxygen atoms in total. The summed E-state index contributed by atoms with van der Waals surface area (Å²) >= 11 is 0. The summed E-state index contributed by atoms with van der Waals surface area (Å²) in [7, 11) is 0. The van der Waals surface area contributed by atoms with Crippen molar-refractivity contribution < 1.29 is 31.2 Å². The molecule has 0 aliphatic rings. The second-order valence-electron chi connectivity index (χ2n) is 4.87. The van der Waals surface area contributed by atoms with Gasteiger partial charge in [0.2, 0.25) is 5.82 Å². The van der Waals surface area contributed by atoms with Gasteiger partial charge in [0.25, 0.3) is 5.91 Å². The molecule has 0 bridgehead atoms. The molecule has 0 unspecified atom stereocenters. The third-order valence-corrected chi connectivity index (χ3v) is 3.21. The first-order valence-corrected chi connectivity index (χ1v) is 6.77. The molecule has 0 spiro atoms. The number of amides is 1. The van der Waals surface area contributed by atoms with Gasteiger partial charge >= 0.3 is 0 Å². The number of carbonyl (C=O) groups excluding carboxylic acids is 1. The van der Waals surface area contributed by atoms with Crippen LogP contribution in [0.1, 0.15) is 16.3 Å². The van der Waals surface area contributed by atoms with Crippen molar-refractivity contribution in [1.29, 1.82) is 0 Å². The molecule has 2 aromatic heterocycles. The maximum Gasteiger partial charge on any atom is 0.291 e. The zero-order valence-electron chi connectivity index (χ0n) is 12.2. The van der Waals surface area contributed by atoms with Gasteiger partial charge in [-0.2, -0.15) is 5.10 Å². The van der Waals surface area contributed by atoms with Crippen molar-refractivity contribution in [1.82, 2.24) is 9.78 Å². The predicted molar refractivity (Wildman–Crippen MR) is 74.2 cm³/mol. The number of anilines is 1. The second-order valence-corrected chi connectivity index (χ2v) is 4.87. The maximum absolute atomic E-state index is 13.6. The number of furan rings is 1. The van der Waals surface area contributed by atoms with Gasteiger partial charge in [-0.1, -0.05) is 0 Å². The molecule has 2 heterocycles. The van der Waals surface area contributed by atoms with Crippen LogP contribution in [-0.2, 0) is 6.54 Å². The molecule has 0 atom stereocenters. The molecule has 25 heavy (non-hydrogen) atoms. The van der Waals surface area contributed by atoms with E-state index in [2.05, 4.69) is 5.10 Å². The lowest BCUT2D eigenvalue weighted by molar-refractivity contribution is 0.0993. The number of nitrogens with one attached hydrogen (secondary N) is 1. The Kier molecular flexibility index (Phi) is 4.26. The highest BCUT2D eigenvalue weighted by molar-refractivity contribution is 6.02. The molecule has 0 saturated heterocycles. The average molecular weight is 357 g/mol. The van der Waals surface area contributed by atoms with Crippen LogP contribution in [0, 0.1) is 29.1 Å². The van der Waals surface area contributed by atoms with Crippen LogP contribution in [0.2, 0.25) is 0 Å². The van der Waals surface area contributed by atoms with Crippen LogP contribution >= 0.6 is 0 Å². The molecule has 1 N–H and O–H groups in total. The molecule has 0 radical (unpaired) electrons. The first kappa shape index (κ1) is 16.7. The van der Waals surface area contributed by atoms with E-state index in [9.17, 15) is 26.7 Å². The van der Waals surface area contributed by atoms with Crippen LogP contribution in [0.15, 0.2) is 35.0 Å². The summed E-state index contributed by atoms with van der Waals surface area (Å²) in [6.45, 7) is 0.183. The monoisotopic (exact) mass is 357 g/mol. The Hall–Kier alpha value is -3.17. The number of carbonyl (C=O) groups is 1. The molecule has 3 rings (SSSR count). The van der Waals surface area contributed by atoms with Crippen molar-refractivity contribution in [3.05, 3.63) is 71.2 Å². The minimum absolute atomic E-state index is 0.183. The van der Waals surface area contributed by atoms with Crippen molar-refractivity contribution in [2.24, 2.45) is 0 Å². The van der Waals surface area contributed by atoms with E-state index in [1.54, 1.807) is 17.6 Å². The summed E-state index contributed by atoms with van der Waals surface area (Å²) in [6, 6.07) is 4.27. The minimum atomic E-state index is -2.31. The van der Waals surface area contributed by atoms with Crippen molar-refractivity contribution in [3.8, 4) is 0 Å². The quantitative estimate of drug-likeness (QED) is 0.442. The molecular formula is C15H8F5N3O2. The van der Waals surface area contributed by atoms with Gasteiger partial charge in [0.1, 0.15) is 11.4 Å². The van der Waals surface area contributed by atoms with Crippen LogP contribution in [0.3, 0.4) is 0 Å². The lowest BCUT2D eigenvalue weighted by atomic mass is 10.2. The largest absolute Gasteiger partial charge is 0.454 e. The zero-order valence-corrected chi connectivity index (χ0v) is 12.2. The van der Waals surface area contributed by atoms with Gasteiger partial charge in [-0.15, -0.1) is 0 Å². The first-order chi connectivity index (χ1) is 11.9. The number of hydrogen-bond donors (Lipinski definition) is 1. The van der Waals surface area contributed by atoms with Crippen LogP contribution in [0.4, 0.5) is 27.6 Å². The molecule has 0 aliphatic carbocycles. The smallest absolute Gasteiger partial charge is 0.291 e. The Morgan fingerprint density at radius 1 is 1.04 bits per heavy atom. The third kappa shape index (κ3) is 3.10. The summed E-state index contributed by atoms with van der Waals surface area (Å²) in [4.78, 5) is 11.9. The van der Waals surface area contributed by atoms with Crippen molar-refractivity contribution in [2.75, 3.05) is 5.32 Å². The normalized spacial score (nSPS) is 10.9. The number of hydrogen-bond acceptors (Lipinski definition) is 3. The Balaban J connectivity index is 1.83. The molecule has 0 aliphatic heterocycles. The number of benzene rings is 1. The lowest BCUT2D eigenvalue weighted by Gasteiger charge is -2.08. The molecule has 3 aromatic rings. The van der Waals surface area contributed by atoms with E-state index in [1.807, 2.05) is 0 Å². The van der Waals surface area contributed by atoms with Gasteiger partial charge in [0.05, 0.1) is 6.54 Å². The molecule has 1 amide bonds. The summed E-state index contributed by atoms with van der Waals surface area (Å²) in [5, 5.41) is 5.55. The summed E-state index contributed by atoms with van der Waals surface area (Å²) in [6.07, 6.45) is 3.16. The maximum atomic E-state index is 13.6. The van der Waals surface area contributed by atoms with Crippen LogP contribution in [0.5, 0.6) is 0 Å². The molecule has 0 fully saturated rings. The molecule has 0 saturated carbocycles.